The fourth-order valence-corrected chi connectivity index (χ4v) is 3.33. The zero-order valence-electron chi connectivity index (χ0n) is 14.0. The maximum Gasteiger partial charge on any atom is 0.268 e. The van der Waals surface area contributed by atoms with Gasteiger partial charge in [0, 0.05) is 11.1 Å². The number of hydrogen-bond donors (Lipinski definition) is 2. The smallest absolute Gasteiger partial charge is 0.268 e. The molecule has 0 saturated carbocycles. The number of nitrogens with one attached hydrogen (secondary N) is 2. The summed E-state index contributed by atoms with van der Waals surface area (Å²) in [5, 5.41) is 10.7. The van der Waals surface area contributed by atoms with Gasteiger partial charge in [-0.1, -0.05) is 17.3 Å². The van der Waals surface area contributed by atoms with Gasteiger partial charge in [0.05, 0.1) is 16.6 Å². The Morgan fingerprint density at radius 3 is 2.70 bits per heavy atom. The summed E-state index contributed by atoms with van der Waals surface area (Å²) in [7, 11) is 0. The number of fused-ring (bicyclic) bond motifs is 3. The Bertz CT molecular complexity index is 1270. The first-order valence-electron chi connectivity index (χ1n) is 8.57. The zero-order chi connectivity index (χ0) is 17.8. The zero-order valence-corrected chi connectivity index (χ0v) is 14.0. The second kappa shape index (κ2) is 5.31. The van der Waals surface area contributed by atoms with Gasteiger partial charge < -0.3 is 14.5 Å². The SMILES string of the molecule is c1ccc2[nH]c(-c3ccc4c(c3)OC(c3ccc5[nH]nnc5c3)O4)nc2c1. The number of aromatic amines is 2. The first kappa shape index (κ1) is 14.3. The van der Waals surface area contributed by atoms with E-state index in [4.69, 9.17) is 9.47 Å². The largest absolute Gasteiger partial charge is 0.447 e. The number of benzene rings is 3. The Balaban J connectivity index is 1.34. The van der Waals surface area contributed by atoms with Crippen LogP contribution in [0.4, 0.5) is 0 Å². The van der Waals surface area contributed by atoms with E-state index in [1.54, 1.807) is 0 Å². The minimum absolute atomic E-state index is 0.507. The van der Waals surface area contributed by atoms with Crippen LogP contribution < -0.4 is 9.47 Å². The van der Waals surface area contributed by atoms with Crippen molar-refractivity contribution in [3.8, 4) is 22.9 Å². The van der Waals surface area contributed by atoms with E-state index >= 15 is 0 Å². The maximum atomic E-state index is 6.03. The molecule has 6 rings (SSSR count). The van der Waals surface area contributed by atoms with Gasteiger partial charge in [-0.15, -0.1) is 5.10 Å². The lowest BCUT2D eigenvalue weighted by molar-refractivity contribution is 0.0488. The van der Waals surface area contributed by atoms with Crippen LogP contribution in [-0.2, 0) is 0 Å². The fourth-order valence-electron chi connectivity index (χ4n) is 3.33. The number of hydrogen-bond acceptors (Lipinski definition) is 5. The number of aromatic nitrogens is 5. The molecule has 0 radical (unpaired) electrons. The number of nitrogens with zero attached hydrogens (tertiary/aromatic N) is 3. The standard InChI is InChI=1S/C20H13N5O2/c1-2-4-14-13(3-1)21-19(22-14)11-6-8-17-18(10-11)27-20(26-17)12-5-7-15-16(9-12)24-25-23-15/h1-10,20H,(H,21,22)(H,23,24,25). The van der Waals surface area contributed by atoms with Crippen molar-refractivity contribution < 1.29 is 9.47 Å². The molecular formula is C20H13N5O2. The summed E-state index contributed by atoms with van der Waals surface area (Å²) in [6.07, 6.45) is -0.507. The van der Waals surface area contributed by atoms with Crippen molar-refractivity contribution in [2.75, 3.05) is 0 Å². The third-order valence-corrected chi connectivity index (χ3v) is 4.70. The van der Waals surface area contributed by atoms with Crippen LogP contribution in [0.1, 0.15) is 11.9 Å². The minimum Gasteiger partial charge on any atom is -0.447 e. The number of rotatable bonds is 2. The molecule has 1 unspecified atom stereocenters. The Morgan fingerprint density at radius 2 is 1.74 bits per heavy atom. The molecule has 1 atom stereocenters. The van der Waals surface area contributed by atoms with E-state index in [0.29, 0.717) is 11.5 Å². The monoisotopic (exact) mass is 355 g/mol. The molecule has 0 fully saturated rings. The van der Waals surface area contributed by atoms with Crippen LogP contribution in [0.2, 0.25) is 0 Å². The lowest BCUT2D eigenvalue weighted by atomic mass is 10.2. The van der Waals surface area contributed by atoms with Crippen LogP contribution >= 0.6 is 0 Å². The van der Waals surface area contributed by atoms with Gasteiger partial charge in [0.1, 0.15) is 11.3 Å². The topological polar surface area (TPSA) is 88.7 Å². The van der Waals surface area contributed by atoms with Gasteiger partial charge in [-0.05, 0) is 48.5 Å². The van der Waals surface area contributed by atoms with Crippen LogP contribution in [0.15, 0.2) is 60.7 Å². The number of H-pyrrole nitrogens is 2. The third kappa shape index (κ3) is 2.25. The van der Waals surface area contributed by atoms with Crippen LogP contribution in [0.3, 0.4) is 0 Å². The average molecular weight is 355 g/mol. The summed E-state index contributed by atoms with van der Waals surface area (Å²) >= 11 is 0. The highest BCUT2D eigenvalue weighted by atomic mass is 16.7. The molecule has 7 nitrogen and oxygen atoms in total. The molecule has 1 aliphatic heterocycles. The highest BCUT2D eigenvalue weighted by Gasteiger charge is 2.27. The molecule has 27 heavy (non-hydrogen) atoms. The third-order valence-electron chi connectivity index (χ3n) is 4.70. The fraction of sp³-hybridized carbons (Fsp3) is 0.0500. The normalized spacial score (nSPS) is 15.6. The maximum absolute atomic E-state index is 6.03. The van der Waals surface area contributed by atoms with E-state index in [0.717, 1.165) is 39.0 Å². The average Bonchev–Trinajstić information content (AvgIpc) is 3.42. The first-order chi connectivity index (χ1) is 13.3. The highest BCUT2D eigenvalue weighted by molar-refractivity contribution is 5.79. The van der Waals surface area contributed by atoms with Gasteiger partial charge in [0.2, 0.25) is 0 Å². The van der Waals surface area contributed by atoms with Crippen molar-refractivity contribution >= 4 is 22.1 Å². The van der Waals surface area contributed by atoms with Gasteiger partial charge in [0.25, 0.3) is 6.29 Å². The molecule has 0 amide bonds. The summed E-state index contributed by atoms with van der Waals surface area (Å²) in [5.74, 6) is 2.20. The van der Waals surface area contributed by atoms with Gasteiger partial charge in [-0.25, -0.2) is 4.98 Å². The molecule has 7 heteroatoms. The summed E-state index contributed by atoms with van der Waals surface area (Å²) < 4.78 is 12.0. The molecule has 0 aliphatic carbocycles. The van der Waals surface area contributed by atoms with Crippen LogP contribution in [0.25, 0.3) is 33.5 Å². The molecule has 0 bridgehead atoms. The van der Waals surface area contributed by atoms with E-state index < -0.39 is 6.29 Å². The van der Waals surface area contributed by atoms with Gasteiger partial charge >= 0.3 is 0 Å². The molecular weight excluding hydrogens is 342 g/mol. The van der Waals surface area contributed by atoms with Crippen molar-refractivity contribution in [1.82, 2.24) is 25.4 Å². The number of para-hydroxylation sites is 2. The molecule has 0 spiro atoms. The highest BCUT2D eigenvalue weighted by Crippen LogP contribution is 2.42. The van der Waals surface area contributed by atoms with E-state index in [-0.39, 0.29) is 0 Å². The first-order valence-corrected chi connectivity index (χ1v) is 8.57. The summed E-state index contributed by atoms with van der Waals surface area (Å²) in [6.45, 7) is 0. The van der Waals surface area contributed by atoms with Crippen molar-refractivity contribution in [3.05, 3.63) is 66.2 Å². The Morgan fingerprint density at radius 1 is 0.815 bits per heavy atom. The summed E-state index contributed by atoms with van der Waals surface area (Å²) in [4.78, 5) is 7.98. The van der Waals surface area contributed by atoms with Crippen molar-refractivity contribution in [2.24, 2.45) is 0 Å². The van der Waals surface area contributed by atoms with Crippen molar-refractivity contribution in [1.29, 1.82) is 0 Å². The molecule has 3 aromatic carbocycles. The summed E-state index contributed by atoms with van der Waals surface area (Å²) in [6, 6.07) is 19.6. The van der Waals surface area contributed by atoms with E-state index in [1.807, 2.05) is 60.7 Å². The lowest BCUT2D eigenvalue weighted by Crippen LogP contribution is -2.07. The van der Waals surface area contributed by atoms with E-state index in [2.05, 4.69) is 25.4 Å². The molecule has 2 N–H and O–H groups in total. The molecule has 2 aromatic heterocycles. The molecule has 130 valence electrons. The molecule has 3 heterocycles. The van der Waals surface area contributed by atoms with Gasteiger partial charge in [0.15, 0.2) is 11.5 Å². The summed E-state index contributed by atoms with van der Waals surface area (Å²) in [5.41, 5.74) is 5.42. The minimum atomic E-state index is -0.507. The predicted octanol–water partition coefficient (Wildman–Crippen LogP) is 3.97. The van der Waals surface area contributed by atoms with Gasteiger partial charge in [-0.3, -0.25) is 5.10 Å². The Kier molecular flexibility index (Phi) is 2.82. The Hall–Kier alpha value is -3.87. The quantitative estimate of drug-likeness (QED) is 0.500. The molecule has 5 aromatic rings. The van der Waals surface area contributed by atoms with Crippen molar-refractivity contribution in [2.45, 2.75) is 6.29 Å². The second-order valence-corrected chi connectivity index (χ2v) is 6.42. The molecule has 0 saturated heterocycles. The predicted molar refractivity (Wildman–Crippen MR) is 99.4 cm³/mol. The number of ether oxygens (including phenoxy) is 2. The van der Waals surface area contributed by atoms with Gasteiger partial charge in [-0.2, -0.15) is 0 Å². The van der Waals surface area contributed by atoms with Crippen LogP contribution in [0, 0.1) is 0 Å². The lowest BCUT2D eigenvalue weighted by Gasteiger charge is -2.09. The second-order valence-electron chi connectivity index (χ2n) is 6.42. The van der Waals surface area contributed by atoms with E-state index in [9.17, 15) is 0 Å². The molecule has 1 aliphatic rings. The Labute approximate surface area is 153 Å². The van der Waals surface area contributed by atoms with Crippen molar-refractivity contribution in [3.63, 3.8) is 0 Å². The van der Waals surface area contributed by atoms with Crippen LogP contribution in [0.5, 0.6) is 11.5 Å². The van der Waals surface area contributed by atoms with Crippen LogP contribution in [-0.4, -0.2) is 25.4 Å². The van der Waals surface area contributed by atoms with E-state index in [1.165, 1.54) is 0 Å². The number of imidazole rings is 1.